The monoisotopic (exact) mass is 315 g/mol. The first-order chi connectivity index (χ1) is 9.22. The van der Waals surface area contributed by atoms with Crippen molar-refractivity contribution in [3.8, 4) is 0 Å². The van der Waals surface area contributed by atoms with E-state index in [-0.39, 0.29) is 18.2 Å². The van der Waals surface area contributed by atoms with Crippen molar-refractivity contribution in [1.29, 1.82) is 0 Å². The number of hydrogen-bond donors (Lipinski definition) is 1. The minimum absolute atomic E-state index is 0.0295. The van der Waals surface area contributed by atoms with Gasteiger partial charge in [-0.1, -0.05) is 18.2 Å². The van der Waals surface area contributed by atoms with E-state index in [4.69, 9.17) is 0 Å². The molecule has 0 aliphatic carbocycles. The third-order valence-corrected chi connectivity index (χ3v) is 6.36. The van der Waals surface area contributed by atoms with E-state index in [9.17, 15) is 13.2 Å². The molecule has 6 heteroatoms. The van der Waals surface area contributed by atoms with Gasteiger partial charge in [0.25, 0.3) is 0 Å². The normalized spacial score (nSPS) is 12.2. The van der Waals surface area contributed by atoms with E-state index in [0.29, 0.717) is 5.75 Å². The number of carbonyl (C=O) groups is 1. The number of amides is 1. The Kier molecular flexibility index (Phi) is 6.07. The SMILES string of the molecule is CC(C)(C)S(=O)(=O)CCNC(=O)CSc1ccccc1. The van der Waals surface area contributed by atoms with Crippen molar-refractivity contribution >= 4 is 27.5 Å². The lowest BCUT2D eigenvalue weighted by atomic mass is 10.3. The molecule has 0 heterocycles. The molecule has 1 N–H and O–H groups in total. The van der Waals surface area contributed by atoms with E-state index in [1.54, 1.807) is 20.8 Å². The highest BCUT2D eigenvalue weighted by Crippen LogP contribution is 2.17. The molecular formula is C14H21NO3S2. The van der Waals surface area contributed by atoms with Crippen LogP contribution in [-0.2, 0) is 14.6 Å². The number of rotatable bonds is 6. The molecule has 1 amide bonds. The highest BCUT2D eigenvalue weighted by atomic mass is 32.2. The first-order valence-electron chi connectivity index (χ1n) is 6.39. The van der Waals surface area contributed by atoms with Crippen LogP contribution in [0.2, 0.25) is 0 Å². The fourth-order valence-corrected chi connectivity index (χ4v) is 3.08. The number of benzene rings is 1. The van der Waals surface area contributed by atoms with Crippen molar-refractivity contribution < 1.29 is 13.2 Å². The number of sulfone groups is 1. The zero-order valence-electron chi connectivity index (χ0n) is 12.0. The molecule has 0 aliphatic rings. The lowest BCUT2D eigenvalue weighted by Gasteiger charge is -2.19. The largest absolute Gasteiger partial charge is 0.354 e. The van der Waals surface area contributed by atoms with Crippen LogP contribution in [-0.4, -0.2) is 37.1 Å². The zero-order valence-corrected chi connectivity index (χ0v) is 13.7. The van der Waals surface area contributed by atoms with E-state index in [1.807, 2.05) is 30.3 Å². The molecule has 0 spiro atoms. The average Bonchev–Trinajstić information content (AvgIpc) is 2.36. The van der Waals surface area contributed by atoms with Gasteiger partial charge in [-0.3, -0.25) is 4.79 Å². The lowest BCUT2D eigenvalue weighted by Crippen LogP contribution is -2.37. The van der Waals surface area contributed by atoms with Gasteiger partial charge in [-0.25, -0.2) is 8.42 Å². The predicted molar refractivity (Wildman–Crippen MR) is 83.7 cm³/mol. The summed E-state index contributed by atoms with van der Waals surface area (Å²) in [5, 5.41) is 2.64. The van der Waals surface area contributed by atoms with Gasteiger partial charge in [-0.05, 0) is 32.9 Å². The average molecular weight is 315 g/mol. The lowest BCUT2D eigenvalue weighted by molar-refractivity contribution is -0.118. The van der Waals surface area contributed by atoms with Crippen molar-refractivity contribution in [3.63, 3.8) is 0 Å². The molecule has 1 rings (SSSR count). The van der Waals surface area contributed by atoms with Crippen LogP contribution < -0.4 is 5.32 Å². The Morgan fingerprint density at radius 3 is 2.35 bits per heavy atom. The molecule has 0 bridgehead atoms. The van der Waals surface area contributed by atoms with Gasteiger partial charge in [-0.2, -0.15) is 0 Å². The molecule has 4 nitrogen and oxygen atoms in total. The van der Waals surface area contributed by atoms with Gasteiger partial charge in [0.2, 0.25) is 5.91 Å². The van der Waals surface area contributed by atoms with Gasteiger partial charge < -0.3 is 5.32 Å². The Morgan fingerprint density at radius 2 is 1.80 bits per heavy atom. The Bertz CT molecular complexity index is 533. The standard InChI is InChI=1S/C14H21NO3S2/c1-14(2,3)20(17,18)10-9-15-13(16)11-19-12-7-5-4-6-8-12/h4-8H,9-11H2,1-3H3,(H,15,16). The van der Waals surface area contributed by atoms with Crippen molar-refractivity contribution in [2.24, 2.45) is 0 Å². The molecule has 0 aliphatic heterocycles. The van der Waals surface area contributed by atoms with Crippen LogP contribution in [0.3, 0.4) is 0 Å². The van der Waals surface area contributed by atoms with Crippen LogP contribution in [0.25, 0.3) is 0 Å². The summed E-state index contributed by atoms with van der Waals surface area (Å²) >= 11 is 1.43. The Balaban J connectivity index is 2.31. The molecule has 0 saturated heterocycles. The molecule has 112 valence electrons. The van der Waals surface area contributed by atoms with Crippen LogP contribution in [0.5, 0.6) is 0 Å². The summed E-state index contributed by atoms with van der Waals surface area (Å²) in [7, 11) is -3.18. The van der Waals surface area contributed by atoms with Crippen LogP contribution >= 0.6 is 11.8 Å². The molecule has 0 fully saturated rings. The van der Waals surface area contributed by atoms with E-state index in [1.165, 1.54) is 11.8 Å². The van der Waals surface area contributed by atoms with Crippen molar-refractivity contribution in [2.45, 2.75) is 30.4 Å². The fraction of sp³-hybridized carbons (Fsp3) is 0.500. The minimum Gasteiger partial charge on any atom is -0.354 e. The Hall–Kier alpha value is -1.01. The molecule has 0 atom stereocenters. The van der Waals surface area contributed by atoms with Crippen molar-refractivity contribution in [1.82, 2.24) is 5.32 Å². The number of carbonyl (C=O) groups excluding carboxylic acids is 1. The summed E-state index contributed by atoms with van der Waals surface area (Å²) in [4.78, 5) is 12.6. The second-order valence-corrected chi connectivity index (χ2v) is 9.29. The maximum atomic E-state index is 11.9. The first kappa shape index (κ1) is 17.0. The van der Waals surface area contributed by atoms with Crippen molar-refractivity contribution in [2.75, 3.05) is 18.1 Å². The summed E-state index contributed by atoms with van der Waals surface area (Å²) in [5.41, 5.74) is 0. The second kappa shape index (κ2) is 7.13. The maximum Gasteiger partial charge on any atom is 0.230 e. The second-order valence-electron chi connectivity index (χ2n) is 5.38. The van der Waals surface area contributed by atoms with Gasteiger partial charge >= 0.3 is 0 Å². The number of hydrogen-bond acceptors (Lipinski definition) is 4. The summed E-state index contributed by atoms with van der Waals surface area (Å²) in [6.07, 6.45) is 0. The smallest absolute Gasteiger partial charge is 0.230 e. The Morgan fingerprint density at radius 1 is 1.20 bits per heavy atom. The molecule has 0 aromatic heterocycles. The first-order valence-corrected chi connectivity index (χ1v) is 9.03. The molecular weight excluding hydrogens is 294 g/mol. The van der Waals surface area contributed by atoms with E-state index in [2.05, 4.69) is 5.32 Å². The van der Waals surface area contributed by atoms with Crippen molar-refractivity contribution in [3.05, 3.63) is 30.3 Å². The van der Waals surface area contributed by atoms with E-state index < -0.39 is 14.6 Å². The molecule has 1 aromatic carbocycles. The van der Waals surface area contributed by atoms with Gasteiger partial charge in [0.15, 0.2) is 9.84 Å². The maximum absolute atomic E-state index is 11.9. The minimum atomic E-state index is -3.18. The van der Waals surface area contributed by atoms with Crippen LogP contribution in [0.4, 0.5) is 0 Å². The highest BCUT2D eigenvalue weighted by Gasteiger charge is 2.28. The number of nitrogens with one attached hydrogen (secondary N) is 1. The summed E-state index contributed by atoms with van der Waals surface area (Å²) in [6.45, 7) is 5.15. The van der Waals surface area contributed by atoms with Crippen LogP contribution in [0.15, 0.2) is 35.2 Å². The van der Waals surface area contributed by atoms with Crippen LogP contribution in [0.1, 0.15) is 20.8 Å². The van der Waals surface area contributed by atoms with Gasteiger partial charge in [-0.15, -0.1) is 11.8 Å². The van der Waals surface area contributed by atoms with Gasteiger partial charge in [0, 0.05) is 11.4 Å². The predicted octanol–water partition coefficient (Wildman–Crippen LogP) is 2.11. The van der Waals surface area contributed by atoms with Gasteiger partial charge in [0.05, 0.1) is 16.3 Å². The molecule has 0 radical (unpaired) electrons. The Labute approximate surface area is 125 Å². The quantitative estimate of drug-likeness (QED) is 0.817. The van der Waals surface area contributed by atoms with E-state index >= 15 is 0 Å². The van der Waals surface area contributed by atoms with Gasteiger partial charge in [0.1, 0.15) is 0 Å². The zero-order chi connectivity index (χ0) is 15.2. The molecule has 0 saturated carbocycles. The summed E-state index contributed by atoms with van der Waals surface area (Å²) in [6, 6.07) is 9.61. The van der Waals surface area contributed by atoms with Crippen LogP contribution in [0, 0.1) is 0 Å². The number of thioether (sulfide) groups is 1. The van der Waals surface area contributed by atoms with E-state index in [0.717, 1.165) is 4.90 Å². The molecule has 0 unspecified atom stereocenters. The molecule has 20 heavy (non-hydrogen) atoms. The summed E-state index contributed by atoms with van der Waals surface area (Å²) < 4.78 is 22.9. The highest BCUT2D eigenvalue weighted by molar-refractivity contribution is 8.00. The fourth-order valence-electron chi connectivity index (χ4n) is 1.35. The third-order valence-electron chi connectivity index (χ3n) is 2.74. The summed E-state index contributed by atoms with van der Waals surface area (Å²) in [5.74, 6) is 0.112. The topological polar surface area (TPSA) is 63.2 Å². The third kappa shape index (κ3) is 5.54. The molecule has 1 aromatic rings.